The Balaban J connectivity index is 1.82. The number of aryl methyl sites for hydroxylation is 2. The number of carbonyl (C=O) groups excluding carboxylic acids is 3. The molecule has 3 N–H and O–H groups in total. The van der Waals surface area contributed by atoms with Gasteiger partial charge in [0, 0.05) is 33.8 Å². The Hall–Kier alpha value is -3.19. The van der Waals surface area contributed by atoms with E-state index in [9.17, 15) is 19.5 Å². The summed E-state index contributed by atoms with van der Waals surface area (Å²) in [6.45, 7) is 5.14. The molecule has 0 aliphatic heterocycles. The van der Waals surface area contributed by atoms with Crippen LogP contribution in [0.5, 0.6) is 0 Å². The van der Waals surface area contributed by atoms with E-state index in [1.165, 1.54) is 13.0 Å². The second-order valence-corrected chi connectivity index (χ2v) is 10.6. The molecule has 4 rings (SSSR count). The topological polar surface area (TPSA) is 95.5 Å². The van der Waals surface area contributed by atoms with E-state index in [2.05, 4.69) is 10.6 Å². The molecule has 0 heterocycles. The quantitative estimate of drug-likeness (QED) is 0.351. The maximum Gasteiger partial charge on any atom is 0.235 e. The van der Waals surface area contributed by atoms with Crippen LogP contribution in [0, 0.1) is 25.7 Å². The summed E-state index contributed by atoms with van der Waals surface area (Å²) in [5, 5.41) is 17.7. The predicted octanol–water partition coefficient (Wildman–Crippen LogP) is 5.93. The molecule has 0 spiro atoms. The second kappa shape index (κ2) is 10.7. The Bertz CT molecular complexity index is 1370. The number of amides is 2. The summed E-state index contributed by atoms with van der Waals surface area (Å²) < 4.78 is 0. The minimum absolute atomic E-state index is 0.199. The molecule has 1 aliphatic carbocycles. The van der Waals surface area contributed by atoms with E-state index >= 15 is 0 Å². The van der Waals surface area contributed by atoms with E-state index in [4.69, 9.17) is 23.2 Å². The van der Waals surface area contributed by atoms with Gasteiger partial charge in [0.05, 0.1) is 11.5 Å². The number of para-hydroxylation sites is 2. The molecule has 4 unspecified atom stereocenters. The van der Waals surface area contributed by atoms with Gasteiger partial charge in [-0.15, -0.1) is 0 Å². The zero-order chi connectivity index (χ0) is 26.9. The zero-order valence-corrected chi connectivity index (χ0v) is 22.2. The average Bonchev–Trinajstić information content (AvgIpc) is 2.81. The van der Waals surface area contributed by atoms with Crippen LogP contribution in [0.4, 0.5) is 11.4 Å². The molecule has 3 aromatic rings. The summed E-state index contributed by atoms with van der Waals surface area (Å²) in [5.41, 5.74) is 1.42. The number of Topliss-reactive ketones (excluding diaryl/α,β-unsaturated/α-hetero) is 1. The van der Waals surface area contributed by atoms with Crippen molar-refractivity contribution in [2.45, 2.75) is 38.7 Å². The Labute approximate surface area is 226 Å². The Kier molecular flexibility index (Phi) is 7.74. The molecule has 1 fully saturated rings. The molecular weight excluding hydrogens is 511 g/mol. The van der Waals surface area contributed by atoms with Crippen LogP contribution in [-0.4, -0.2) is 28.3 Å². The average molecular weight is 539 g/mol. The highest BCUT2D eigenvalue weighted by molar-refractivity contribution is 6.35. The third-order valence-electron chi connectivity index (χ3n) is 6.96. The molecule has 0 saturated heterocycles. The van der Waals surface area contributed by atoms with Crippen LogP contribution in [0.1, 0.15) is 36.0 Å². The summed E-state index contributed by atoms with van der Waals surface area (Å²) in [7, 11) is 0. The number of aliphatic hydroxyl groups is 1. The lowest BCUT2D eigenvalue weighted by atomic mass is 9.61. The number of benzene rings is 3. The largest absolute Gasteiger partial charge is 0.389 e. The summed E-state index contributed by atoms with van der Waals surface area (Å²) in [5.74, 6) is -5.06. The SMILES string of the molecule is Cc1ccccc1NC(=O)C1C(=O)CC(C)(O)C(C(=O)Nc2ccccc2C)C1c1ccc(Cl)cc1Cl. The van der Waals surface area contributed by atoms with Crippen molar-refractivity contribution in [2.75, 3.05) is 10.6 Å². The van der Waals surface area contributed by atoms with Gasteiger partial charge in [0.1, 0.15) is 11.7 Å². The smallest absolute Gasteiger partial charge is 0.235 e. The van der Waals surface area contributed by atoms with Crippen molar-refractivity contribution in [3.8, 4) is 0 Å². The number of hydrogen-bond acceptors (Lipinski definition) is 4. The van der Waals surface area contributed by atoms with Crippen LogP contribution < -0.4 is 10.6 Å². The fourth-order valence-electron chi connectivity index (χ4n) is 5.09. The third kappa shape index (κ3) is 5.57. The van der Waals surface area contributed by atoms with Crippen LogP contribution in [0.2, 0.25) is 10.0 Å². The molecule has 37 heavy (non-hydrogen) atoms. The van der Waals surface area contributed by atoms with Crippen molar-refractivity contribution < 1.29 is 19.5 Å². The Morgan fingerprint density at radius 2 is 1.43 bits per heavy atom. The number of hydrogen-bond donors (Lipinski definition) is 3. The summed E-state index contributed by atoms with van der Waals surface area (Å²) >= 11 is 12.7. The van der Waals surface area contributed by atoms with E-state index in [0.29, 0.717) is 22.0 Å². The van der Waals surface area contributed by atoms with Crippen LogP contribution >= 0.6 is 23.2 Å². The monoisotopic (exact) mass is 538 g/mol. The molecule has 2 amide bonds. The highest BCUT2D eigenvalue weighted by atomic mass is 35.5. The van der Waals surface area contributed by atoms with Gasteiger partial charge in [-0.25, -0.2) is 0 Å². The summed E-state index contributed by atoms with van der Waals surface area (Å²) in [4.78, 5) is 40.9. The van der Waals surface area contributed by atoms with Gasteiger partial charge in [-0.05, 0) is 61.7 Å². The minimum atomic E-state index is -1.74. The van der Waals surface area contributed by atoms with Gasteiger partial charge in [0.25, 0.3) is 0 Å². The van der Waals surface area contributed by atoms with Crippen LogP contribution in [0.25, 0.3) is 0 Å². The van der Waals surface area contributed by atoms with Crippen molar-refractivity contribution in [1.82, 2.24) is 0 Å². The molecular formula is C29H28Cl2N2O4. The number of rotatable bonds is 5. The maximum absolute atomic E-state index is 13.8. The molecule has 6 nitrogen and oxygen atoms in total. The number of halogens is 2. The van der Waals surface area contributed by atoms with Gasteiger partial charge >= 0.3 is 0 Å². The van der Waals surface area contributed by atoms with Crippen molar-refractivity contribution in [3.05, 3.63) is 93.5 Å². The first kappa shape index (κ1) is 26.9. The van der Waals surface area contributed by atoms with E-state index in [1.807, 2.05) is 38.1 Å². The Morgan fingerprint density at radius 1 is 0.892 bits per heavy atom. The fourth-order valence-corrected chi connectivity index (χ4v) is 5.62. The van der Waals surface area contributed by atoms with E-state index < -0.39 is 41.0 Å². The fraction of sp³-hybridized carbons (Fsp3) is 0.276. The van der Waals surface area contributed by atoms with Gasteiger partial charge in [-0.1, -0.05) is 65.7 Å². The highest BCUT2D eigenvalue weighted by Crippen LogP contribution is 2.48. The third-order valence-corrected chi connectivity index (χ3v) is 7.52. The molecule has 4 atom stereocenters. The molecule has 0 aromatic heterocycles. The van der Waals surface area contributed by atoms with Crippen molar-refractivity contribution >= 4 is 52.2 Å². The molecule has 0 radical (unpaired) electrons. The molecule has 3 aromatic carbocycles. The highest BCUT2D eigenvalue weighted by Gasteiger charge is 2.56. The van der Waals surface area contributed by atoms with Gasteiger partial charge in [-0.2, -0.15) is 0 Å². The van der Waals surface area contributed by atoms with E-state index in [-0.39, 0.29) is 11.4 Å². The first-order valence-electron chi connectivity index (χ1n) is 11.9. The van der Waals surface area contributed by atoms with Crippen LogP contribution in [0.15, 0.2) is 66.7 Å². The normalized spacial score (nSPS) is 23.4. The van der Waals surface area contributed by atoms with Crippen molar-refractivity contribution in [1.29, 1.82) is 0 Å². The first-order chi connectivity index (χ1) is 17.5. The van der Waals surface area contributed by atoms with Gasteiger partial charge in [0.2, 0.25) is 11.8 Å². The second-order valence-electron chi connectivity index (χ2n) is 9.76. The van der Waals surface area contributed by atoms with Gasteiger partial charge in [0.15, 0.2) is 0 Å². The van der Waals surface area contributed by atoms with E-state index in [1.54, 1.807) is 36.4 Å². The molecule has 192 valence electrons. The maximum atomic E-state index is 13.8. The van der Waals surface area contributed by atoms with Crippen LogP contribution in [0.3, 0.4) is 0 Å². The predicted molar refractivity (Wildman–Crippen MR) is 146 cm³/mol. The zero-order valence-electron chi connectivity index (χ0n) is 20.7. The number of anilines is 2. The van der Waals surface area contributed by atoms with Crippen molar-refractivity contribution in [2.24, 2.45) is 11.8 Å². The lowest BCUT2D eigenvalue weighted by Gasteiger charge is -2.44. The first-order valence-corrected chi connectivity index (χ1v) is 12.7. The molecule has 1 aliphatic rings. The Morgan fingerprint density at radius 3 is 1.97 bits per heavy atom. The van der Waals surface area contributed by atoms with Crippen LogP contribution in [-0.2, 0) is 14.4 Å². The molecule has 1 saturated carbocycles. The minimum Gasteiger partial charge on any atom is -0.389 e. The number of nitrogens with one attached hydrogen (secondary N) is 2. The van der Waals surface area contributed by atoms with Gasteiger partial charge in [-0.3, -0.25) is 14.4 Å². The van der Waals surface area contributed by atoms with Gasteiger partial charge < -0.3 is 15.7 Å². The summed E-state index contributed by atoms with van der Waals surface area (Å²) in [6.07, 6.45) is -0.369. The lowest BCUT2D eigenvalue weighted by molar-refractivity contribution is -0.150. The standard InChI is InChI=1S/C29H28Cl2N2O4/c1-16-8-4-6-10-21(16)32-27(35)25-23(34)15-29(3,37)26(24(25)19-13-12-18(30)14-20(19)31)28(36)33-22-11-7-5-9-17(22)2/h4-14,24-26,37H,15H2,1-3H3,(H,32,35)(H,33,36). The van der Waals surface area contributed by atoms with E-state index in [0.717, 1.165) is 11.1 Å². The number of ketones is 1. The summed E-state index contributed by atoms with van der Waals surface area (Å²) in [6, 6.07) is 19.1. The molecule has 0 bridgehead atoms. The molecule has 8 heteroatoms. The lowest BCUT2D eigenvalue weighted by Crippen LogP contribution is -2.56. The van der Waals surface area contributed by atoms with Crippen molar-refractivity contribution in [3.63, 3.8) is 0 Å². The number of carbonyl (C=O) groups is 3.